The minimum atomic E-state index is 0.460. The second kappa shape index (κ2) is 11.1. The molecule has 1 aliphatic heterocycles. The molecule has 1 aromatic heterocycles. The summed E-state index contributed by atoms with van der Waals surface area (Å²) >= 11 is 0. The van der Waals surface area contributed by atoms with E-state index in [9.17, 15) is 0 Å². The molecule has 2 heterocycles. The van der Waals surface area contributed by atoms with E-state index in [1.54, 1.807) is 0 Å². The number of guanidine groups is 1. The maximum Gasteiger partial charge on any atom is 0.191 e. The highest BCUT2D eigenvalue weighted by Gasteiger charge is 2.19. The van der Waals surface area contributed by atoms with Crippen LogP contribution >= 0.6 is 0 Å². The Hall–Kier alpha value is -1.56. The van der Waals surface area contributed by atoms with Crippen molar-refractivity contribution in [3.05, 3.63) is 18.5 Å². The largest absolute Gasteiger partial charge is 0.357 e. The maximum atomic E-state index is 4.75. The molecule has 0 spiro atoms. The highest BCUT2D eigenvalue weighted by atomic mass is 15.3. The summed E-state index contributed by atoms with van der Waals surface area (Å²) in [7, 11) is 0. The number of hydrogen-bond donors (Lipinski definition) is 2. The van der Waals surface area contributed by atoms with Crippen molar-refractivity contribution in [1.82, 2.24) is 25.3 Å². The Balaban J connectivity index is 1.74. The number of aliphatic imine (C=N–C) groups is 1. The van der Waals surface area contributed by atoms with Gasteiger partial charge in [0.05, 0.1) is 0 Å². The average molecular weight is 349 g/mol. The van der Waals surface area contributed by atoms with Crippen LogP contribution in [-0.4, -0.2) is 59.4 Å². The summed E-state index contributed by atoms with van der Waals surface area (Å²) in [4.78, 5) is 7.39. The molecule has 1 aromatic rings. The van der Waals surface area contributed by atoms with Gasteiger partial charge in [0.1, 0.15) is 0 Å². The fraction of sp³-hybridized carbons (Fsp3) is 0.789. The second-order valence-electron chi connectivity index (χ2n) is 7.07. The number of hydrogen-bond acceptors (Lipinski definition) is 3. The molecule has 2 rings (SSSR count). The fourth-order valence-corrected chi connectivity index (χ4v) is 3.51. The van der Waals surface area contributed by atoms with Gasteiger partial charge in [-0.15, -0.1) is 0 Å². The minimum absolute atomic E-state index is 0.460. The highest BCUT2D eigenvalue weighted by molar-refractivity contribution is 5.79. The maximum absolute atomic E-state index is 4.75. The molecule has 0 saturated carbocycles. The summed E-state index contributed by atoms with van der Waals surface area (Å²) in [5.74, 6) is 1.39. The van der Waals surface area contributed by atoms with Crippen LogP contribution in [0.2, 0.25) is 0 Å². The average Bonchev–Trinajstić information content (AvgIpc) is 3.13. The van der Waals surface area contributed by atoms with Gasteiger partial charge in [-0.25, -0.2) is 0 Å². The molecule has 1 aliphatic rings. The Labute approximate surface area is 153 Å². The lowest BCUT2D eigenvalue weighted by molar-refractivity contribution is 0.147. The van der Waals surface area contributed by atoms with E-state index >= 15 is 0 Å². The highest BCUT2D eigenvalue weighted by Crippen LogP contribution is 2.18. The van der Waals surface area contributed by atoms with Crippen LogP contribution in [0.4, 0.5) is 0 Å². The standard InChI is InChI=1S/C19H36N6/c1-4-18-9-6-7-12-24(18)14-11-21-19(20-5-2)22-15-17(3)16-25-13-8-10-23-25/h8,10,13,17-18H,4-7,9,11-12,14-16H2,1-3H3,(H2,20,21,22). The van der Waals surface area contributed by atoms with Crippen molar-refractivity contribution in [1.29, 1.82) is 0 Å². The summed E-state index contributed by atoms with van der Waals surface area (Å²) in [5, 5.41) is 11.1. The van der Waals surface area contributed by atoms with Gasteiger partial charge in [-0.3, -0.25) is 14.6 Å². The molecule has 2 unspecified atom stereocenters. The Morgan fingerprint density at radius 3 is 2.92 bits per heavy atom. The second-order valence-corrected chi connectivity index (χ2v) is 7.07. The van der Waals surface area contributed by atoms with Crippen molar-refractivity contribution < 1.29 is 0 Å². The monoisotopic (exact) mass is 348 g/mol. The third-order valence-corrected chi connectivity index (χ3v) is 4.88. The topological polar surface area (TPSA) is 57.5 Å². The normalized spacial score (nSPS) is 20.4. The number of aromatic nitrogens is 2. The summed E-state index contributed by atoms with van der Waals surface area (Å²) in [6, 6.07) is 2.73. The third-order valence-electron chi connectivity index (χ3n) is 4.88. The van der Waals surface area contributed by atoms with Gasteiger partial charge < -0.3 is 10.6 Å². The Kier molecular flexibility index (Phi) is 8.80. The predicted molar refractivity (Wildman–Crippen MR) is 105 cm³/mol. The van der Waals surface area contributed by atoms with Crippen LogP contribution < -0.4 is 10.6 Å². The van der Waals surface area contributed by atoms with Crippen LogP contribution in [0.1, 0.15) is 46.5 Å². The molecule has 25 heavy (non-hydrogen) atoms. The summed E-state index contributed by atoms with van der Waals surface area (Å²) in [6.45, 7) is 12.5. The van der Waals surface area contributed by atoms with Crippen molar-refractivity contribution in [2.24, 2.45) is 10.9 Å². The van der Waals surface area contributed by atoms with Crippen molar-refractivity contribution in [2.45, 2.75) is 59.0 Å². The molecule has 0 aromatic carbocycles. The molecule has 0 amide bonds. The quantitative estimate of drug-likeness (QED) is 0.531. The first kappa shape index (κ1) is 19.8. The van der Waals surface area contributed by atoms with E-state index in [4.69, 9.17) is 4.99 Å². The van der Waals surface area contributed by atoms with E-state index in [0.717, 1.165) is 44.7 Å². The van der Waals surface area contributed by atoms with Crippen molar-refractivity contribution in [3.63, 3.8) is 0 Å². The molecule has 1 saturated heterocycles. The summed E-state index contributed by atoms with van der Waals surface area (Å²) < 4.78 is 1.97. The van der Waals surface area contributed by atoms with Crippen LogP contribution in [-0.2, 0) is 6.54 Å². The molecule has 2 N–H and O–H groups in total. The van der Waals surface area contributed by atoms with Crippen molar-refractivity contribution in [3.8, 4) is 0 Å². The molecule has 6 heteroatoms. The lowest BCUT2D eigenvalue weighted by Crippen LogP contribution is -2.46. The molecule has 0 aliphatic carbocycles. The zero-order valence-corrected chi connectivity index (χ0v) is 16.2. The zero-order chi connectivity index (χ0) is 17.9. The van der Waals surface area contributed by atoms with Crippen LogP contribution in [0.5, 0.6) is 0 Å². The molecular formula is C19H36N6. The van der Waals surface area contributed by atoms with Crippen LogP contribution in [0.15, 0.2) is 23.5 Å². The Morgan fingerprint density at radius 2 is 2.20 bits per heavy atom. The molecule has 2 atom stereocenters. The number of piperidine rings is 1. The van der Waals surface area contributed by atoms with E-state index in [1.807, 2.05) is 23.1 Å². The van der Waals surface area contributed by atoms with Gasteiger partial charge in [0.25, 0.3) is 0 Å². The first-order chi connectivity index (χ1) is 12.2. The van der Waals surface area contributed by atoms with Crippen molar-refractivity contribution >= 4 is 5.96 Å². The van der Waals surface area contributed by atoms with Gasteiger partial charge in [-0.05, 0) is 44.7 Å². The molecular weight excluding hydrogens is 312 g/mol. The first-order valence-electron chi connectivity index (χ1n) is 9.96. The number of nitrogens with zero attached hydrogens (tertiary/aromatic N) is 4. The predicted octanol–water partition coefficient (Wildman–Crippen LogP) is 2.34. The third kappa shape index (κ3) is 7.06. The van der Waals surface area contributed by atoms with Gasteiger partial charge in [-0.1, -0.05) is 20.3 Å². The smallest absolute Gasteiger partial charge is 0.191 e. The number of likely N-dealkylation sites (tertiary alicyclic amines) is 1. The first-order valence-corrected chi connectivity index (χ1v) is 9.96. The number of rotatable bonds is 9. The van der Waals surface area contributed by atoms with Crippen LogP contribution in [0.3, 0.4) is 0 Å². The van der Waals surface area contributed by atoms with Crippen LogP contribution in [0, 0.1) is 5.92 Å². The van der Waals surface area contributed by atoms with E-state index in [1.165, 1.54) is 32.2 Å². The van der Waals surface area contributed by atoms with Gasteiger partial charge in [-0.2, -0.15) is 5.10 Å². The SMILES string of the molecule is CCNC(=NCC(C)Cn1cccn1)NCCN1CCCCC1CC. The van der Waals surface area contributed by atoms with Gasteiger partial charge in [0, 0.05) is 51.2 Å². The van der Waals surface area contributed by atoms with E-state index in [2.05, 4.69) is 41.4 Å². The Bertz CT molecular complexity index is 484. The fourth-order valence-electron chi connectivity index (χ4n) is 3.51. The van der Waals surface area contributed by atoms with Crippen LogP contribution in [0.25, 0.3) is 0 Å². The van der Waals surface area contributed by atoms with E-state index in [0.29, 0.717) is 5.92 Å². The molecule has 1 fully saturated rings. The van der Waals surface area contributed by atoms with E-state index in [-0.39, 0.29) is 0 Å². The van der Waals surface area contributed by atoms with Gasteiger partial charge in [0.2, 0.25) is 0 Å². The van der Waals surface area contributed by atoms with Gasteiger partial charge >= 0.3 is 0 Å². The number of nitrogens with one attached hydrogen (secondary N) is 2. The molecule has 6 nitrogen and oxygen atoms in total. The Morgan fingerprint density at radius 1 is 1.32 bits per heavy atom. The lowest BCUT2D eigenvalue weighted by Gasteiger charge is -2.35. The zero-order valence-electron chi connectivity index (χ0n) is 16.2. The lowest BCUT2D eigenvalue weighted by atomic mass is 10.0. The van der Waals surface area contributed by atoms with Crippen molar-refractivity contribution in [2.75, 3.05) is 32.7 Å². The van der Waals surface area contributed by atoms with Gasteiger partial charge in [0.15, 0.2) is 5.96 Å². The summed E-state index contributed by atoms with van der Waals surface area (Å²) in [6.07, 6.45) is 9.18. The molecule has 0 bridgehead atoms. The van der Waals surface area contributed by atoms with E-state index < -0.39 is 0 Å². The minimum Gasteiger partial charge on any atom is -0.357 e. The molecule has 0 radical (unpaired) electrons. The summed E-state index contributed by atoms with van der Waals surface area (Å²) in [5.41, 5.74) is 0. The molecule has 142 valence electrons.